The molecule has 0 aliphatic carbocycles. The second-order valence-electron chi connectivity index (χ2n) is 12.6. The molecule has 0 aromatic heterocycles. The lowest BCUT2D eigenvalue weighted by atomic mass is 9.77. The molecule has 0 saturated carbocycles. The van der Waals surface area contributed by atoms with E-state index >= 15 is 0 Å². The molecule has 2 aliphatic heterocycles. The number of ether oxygens (including phenoxy) is 4. The standard InChI is InChI=1S/C38H32O15/c1-50-29-14-25(44)32(36-20(29)13-28(47)34(52-36)15-2-6-21(40)23(42)8-15)31-19-5-4-18(39)12-30(19)51-35(16-3-7-22(41)24(43)9-16)37(31)53-38(49)17-10-26(45)33(48)27(46)11-17/h2-12,14,28,31,34-35,37,39-48H,13H2,1H3/t28-,31-,34-,35-,37-/m1/s1. The van der Waals surface area contributed by atoms with Crippen molar-refractivity contribution in [3.63, 3.8) is 0 Å². The van der Waals surface area contributed by atoms with Crippen molar-refractivity contribution in [2.24, 2.45) is 0 Å². The van der Waals surface area contributed by atoms with Crippen molar-refractivity contribution in [1.82, 2.24) is 0 Å². The molecule has 15 nitrogen and oxygen atoms in total. The van der Waals surface area contributed by atoms with Crippen LogP contribution < -0.4 is 14.2 Å². The molecule has 10 N–H and O–H groups in total. The fraction of sp³-hybridized carbons (Fsp3) is 0.184. The largest absolute Gasteiger partial charge is 0.508 e. The Morgan fingerprint density at radius 1 is 0.679 bits per heavy atom. The molecule has 274 valence electrons. The zero-order chi connectivity index (χ0) is 37.9. The first kappa shape index (κ1) is 34.6. The normalized spacial score (nSPS) is 20.3. The molecule has 0 unspecified atom stereocenters. The van der Waals surface area contributed by atoms with E-state index in [1.165, 1.54) is 61.7 Å². The van der Waals surface area contributed by atoms with Crippen molar-refractivity contribution in [2.45, 2.75) is 36.8 Å². The van der Waals surface area contributed by atoms with Crippen molar-refractivity contribution in [3.8, 4) is 69.0 Å². The van der Waals surface area contributed by atoms with E-state index in [9.17, 15) is 55.9 Å². The number of hydrogen-bond donors (Lipinski definition) is 10. The number of rotatable bonds is 6. The van der Waals surface area contributed by atoms with Crippen LogP contribution in [-0.2, 0) is 11.2 Å². The molecular weight excluding hydrogens is 696 g/mol. The second-order valence-corrected chi connectivity index (χ2v) is 12.6. The Labute approximate surface area is 299 Å². The molecular formula is C38H32O15. The number of methoxy groups -OCH3 is 1. The summed E-state index contributed by atoms with van der Waals surface area (Å²) in [5.74, 6) is -7.29. The van der Waals surface area contributed by atoms with Crippen LogP contribution >= 0.6 is 0 Å². The van der Waals surface area contributed by atoms with Crippen LogP contribution in [0.2, 0.25) is 0 Å². The third kappa shape index (κ3) is 6.02. The quantitative estimate of drug-likeness (QED) is 0.0848. The number of phenolic OH excluding ortho intramolecular Hbond substituents is 9. The predicted octanol–water partition coefficient (Wildman–Crippen LogP) is 4.57. The van der Waals surface area contributed by atoms with Crippen molar-refractivity contribution in [1.29, 1.82) is 0 Å². The van der Waals surface area contributed by atoms with Gasteiger partial charge in [-0.2, -0.15) is 0 Å². The number of hydrogen-bond acceptors (Lipinski definition) is 15. The minimum atomic E-state index is -1.52. The van der Waals surface area contributed by atoms with Gasteiger partial charge in [0.25, 0.3) is 0 Å². The maximum Gasteiger partial charge on any atom is 0.338 e. The van der Waals surface area contributed by atoms with Gasteiger partial charge in [-0.1, -0.05) is 18.2 Å². The lowest BCUT2D eigenvalue weighted by molar-refractivity contribution is -0.0280. The first-order valence-corrected chi connectivity index (χ1v) is 16.0. The highest BCUT2D eigenvalue weighted by atomic mass is 16.6. The van der Waals surface area contributed by atoms with E-state index in [2.05, 4.69) is 0 Å². The molecule has 0 radical (unpaired) electrons. The third-order valence-corrected chi connectivity index (χ3v) is 9.32. The molecule has 0 saturated heterocycles. The second kappa shape index (κ2) is 13.0. The molecule has 0 spiro atoms. The van der Waals surface area contributed by atoms with E-state index in [1.807, 2.05) is 0 Å². The van der Waals surface area contributed by atoms with E-state index in [0.29, 0.717) is 5.56 Å². The van der Waals surface area contributed by atoms with Crippen LogP contribution in [0.25, 0.3) is 0 Å². The number of aromatic hydroxyl groups is 9. The van der Waals surface area contributed by atoms with Crippen molar-refractivity contribution < 1.29 is 74.8 Å². The summed E-state index contributed by atoms with van der Waals surface area (Å²) in [6, 6.07) is 14.6. The lowest BCUT2D eigenvalue weighted by Crippen LogP contribution is -2.39. The summed E-state index contributed by atoms with van der Waals surface area (Å²) in [6.07, 6.45) is -5.38. The molecule has 5 aromatic carbocycles. The van der Waals surface area contributed by atoms with Gasteiger partial charge in [-0.25, -0.2) is 4.79 Å². The number of fused-ring (bicyclic) bond motifs is 2. The summed E-state index contributed by atoms with van der Waals surface area (Å²) in [5.41, 5.74) is 0.579. The minimum absolute atomic E-state index is 0.00172. The molecule has 7 rings (SSSR count). The first-order valence-electron chi connectivity index (χ1n) is 16.0. The van der Waals surface area contributed by atoms with Crippen LogP contribution in [0.15, 0.2) is 72.8 Å². The summed E-state index contributed by atoms with van der Waals surface area (Å²) in [7, 11) is 1.35. The molecule has 53 heavy (non-hydrogen) atoms. The summed E-state index contributed by atoms with van der Waals surface area (Å²) in [5, 5.41) is 105. The molecule has 2 heterocycles. The highest BCUT2D eigenvalue weighted by Gasteiger charge is 2.48. The van der Waals surface area contributed by atoms with Gasteiger partial charge in [0.15, 0.2) is 52.5 Å². The molecule has 0 amide bonds. The Balaban J connectivity index is 1.47. The summed E-state index contributed by atoms with van der Waals surface area (Å²) >= 11 is 0. The Hall–Kier alpha value is -6.87. The minimum Gasteiger partial charge on any atom is -0.508 e. The molecule has 0 fully saturated rings. The van der Waals surface area contributed by atoms with Gasteiger partial charge in [0, 0.05) is 40.8 Å². The Morgan fingerprint density at radius 3 is 1.91 bits per heavy atom. The summed E-state index contributed by atoms with van der Waals surface area (Å²) < 4.78 is 24.4. The Kier molecular flexibility index (Phi) is 8.50. The summed E-state index contributed by atoms with van der Waals surface area (Å²) in [6.45, 7) is 0. The van der Waals surface area contributed by atoms with Crippen LogP contribution in [0, 0.1) is 0 Å². The fourth-order valence-corrected chi connectivity index (χ4v) is 6.80. The zero-order valence-corrected chi connectivity index (χ0v) is 27.5. The van der Waals surface area contributed by atoms with Crippen molar-refractivity contribution in [2.75, 3.05) is 7.11 Å². The highest BCUT2D eigenvalue weighted by Crippen LogP contribution is 2.56. The van der Waals surface area contributed by atoms with Gasteiger partial charge in [0.1, 0.15) is 34.9 Å². The number of aliphatic hydroxyl groups excluding tert-OH is 1. The van der Waals surface area contributed by atoms with E-state index in [1.54, 1.807) is 0 Å². The van der Waals surface area contributed by atoms with Gasteiger partial charge in [-0.15, -0.1) is 0 Å². The number of carbonyl (C=O) groups excluding carboxylic acids is 1. The van der Waals surface area contributed by atoms with Crippen LogP contribution in [0.1, 0.15) is 56.3 Å². The number of phenols is 9. The number of benzene rings is 5. The first-order chi connectivity index (χ1) is 25.2. The molecule has 2 aliphatic rings. The Bertz CT molecular complexity index is 2240. The van der Waals surface area contributed by atoms with Gasteiger partial charge in [-0.3, -0.25) is 0 Å². The smallest absolute Gasteiger partial charge is 0.338 e. The van der Waals surface area contributed by atoms with Crippen molar-refractivity contribution >= 4 is 5.97 Å². The highest BCUT2D eigenvalue weighted by molar-refractivity contribution is 5.91. The molecule has 5 aromatic rings. The fourth-order valence-electron chi connectivity index (χ4n) is 6.80. The van der Waals surface area contributed by atoms with Gasteiger partial charge in [0.2, 0.25) is 0 Å². The number of esters is 1. The van der Waals surface area contributed by atoms with Gasteiger partial charge >= 0.3 is 5.97 Å². The van der Waals surface area contributed by atoms with Crippen LogP contribution in [0.3, 0.4) is 0 Å². The van der Waals surface area contributed by atoms with E-state index in [4.69, 9.17) is 18.9 Å². The van der Waals surface area contributed by atoms with Crippen molar-refractivity contribution in [3.05, 3.63) is 106 Å². The molecule has 5 atom stereocenters. The van der Waals surface area contributed by atoms with Crippen LogP contribution in [0.4, 0.5) is 0 Å². The third-order valence-electron chi connectivity index (χ3n) is 9.32. The van der Waals surface area contributed by atoms with Gasteiger partial charge in [-0.05, 0) is 48.0 Å². The number of aliphatic hydroxyl groups is 1. The molecule has 0 bridgehead atoms. The van der Waals surface area contributed by atoms with E-state index in [0.717, 1.165) is 18.2 Å². The van der Waals surface area contributed by atoms with Gasteiger partial charge in [0.05, 0.1) is 24.7 Å². The maximum atomic E-state index is 13.9. The Morgan fingerprint density at radius 2 is 1.30 bits per heavy atom. The topological polar surface area (TPSA) is 256 Å². The average Bonchev–Trinajstić information content (AvgIpc) is 3.12. The number of carbonyl (C=O) groups is 1. The summed E-state index contributed by atoms with van der Waals surface area (Å²) in [4.78, 5) is 13.9. The molecule has 15 heteroatoms. The van der Waals surface area contributed by atoms with Crippen LogP contribution in [0.5, 0.6) is 69.0 Å². The zero-order valence-electron chi connectivity index (χ0n) is 27.5. The SMILES string of the molecule is COc1cc(O)c([C@H]2c3ccc(O)cc3O[C@H](c3ccc(O)c(O)c3)[C@@H]2OC(=O)c2cc(O)c(O)c(O)c2)c2c1C[C@@H](O)[C@@H](c1ccc(O)c(O)c1)O2. The van der Waals surface area contributed by atoms with Gasteiger partial charge < -0.3 is 70.0 Å². The van der Waals surface area contributed by atoms with E-state index < -0.39 is 87.9 Å². The van der Waals surface area contributed by atoms with Crippen LogP contribution in [-0.4, -0.2) is 76.4 Å². The predicted molar refractivity (Wildman–Crippen MR) is 181 cm³/mol. The van der Waals surface area contributed by atoms with E-state index in [-0.39, 0.29) is 51.7 Å². The monoisotopic (exact) mass is 728 g/mol. The average molecular weight is 729 g/mol. The maximum absolute atomic E-state index is 13.9. The lowest BCUT2D eigenvalue weighted by Gasteiger charge is -2.41.